The van der Waals surface area contributed by atoms with Crippen LogP contribution in [0.5, 0.6) is 0 Å². The number of nitrogens with one attached hydrogen (secondary N) is 1. The van der Waals surface area contributed by atoms with E-state index in [1.165, 1.54) is 18.2 Å². The Morgan fingerprint density at radius 1 is 1.27 bits per heavy atom. The number of non-ortho nitro benzene ring substituents is 1. The Balaban J connectivity index is 1.70. The van der Waals surface area contributed by atoms with Crippen molar-refractivity contribution in [3.8, 4) is 0 Å². The van der Waals surface area contributed by atoms with Crippen molar-refractivity contribution in [2.75, 3.05) is 16.8 Å². The van der Waals surface area contributed by atoms with Crippen LogP contribution < -0.4 is 10.2 Å². The molecule has 2 aromatic carbocycles. The van der Waals surface area contributed by atoms with Crippen LogP contribution in [0.15, 0.2) is 46.9 Å². The summed E-state index contributed by atoms with van der Waals surface area (Å²) in [4.78, 5) is 36.5. The van der Waals surface area contributed by atoms with Crippen molar-refractivity contribution in [3.63, 3.8) is 0 Å². The third-order valence-electron chi connectivity index (χ3n) is 4.06. The number of halogens is 2. The summed E-state index contributed by atoms with van der Waals surface area (Å²) in [6, 6.07) is 10.9. The first-order valence-corrected chi connectivity index (χ1v) is 8.83. The third-order valence-corrected chi connectivity index (χ3v) is 4.96. The molecule has 1 aliphatic rings. The van der Waals surface area contributed by atoms with Crippen molar-refractivity contribution in [2.24, 2.45) is 5.92 Å². The van der Waals surface area contributed by atoms with Crippen LogP contribution in [-0.2, 0) is 9.59 Å². The van der Waals surface area contributed by atoms with Crippen molar-refractivity contribution in [1.29, 1.82) is 0 Å². The molecule has 1 aliphatic heterocycles. The van der Waals surface area contributed by atoms with Crippen molar-refractivity contribution in [1.82, 2.24) is 0 Å². The van der Waals surface area contributed by atoms with Crippen LogP contribution in [0, 0.1) is 16.0 Å². The second kappa shape index (κ2) is 7.43. The monoisotopic (exact) mass is 437 g/mol. The van der Waals surface area contributed by atoms with E-state index in [9.17, 15) is 19.7 Å². The van der Waals surface area contributed by atoms with Crippen molar-refractivity contribution in [2.45, 2.75) is 6.42 Å². The highest BCUT2D eigenvalue weighted by Gasteiger charge is 2.35. The van der Waals surface area contributed by atoms with Crippen LogP contribution in [0.2, 0.25) is 5.02 Å². The molecule has 1 N–H and O–H groups in total. The fraction of sp³-hybridized carbons (Fsp3) is 0.176. The lowest BCUT2D eigenvalue weighted by atomic mass is 10.1. The van der Waals surface area contributed by atoms with Crippen LogP contribution in [0.25, 0.3) is 0 Å². The molecule has 7 nitrogen and oxygen atoms in total. The summed E-state index contributed by atoms with van der Waals surface area (Å²) in [5, 5.41) is 14.0. The quantitative estimate of drug-likeness (QED) is 0.577. The molecule has 3 rings (SSSR count). The lowest BCUT2D eigenvalue weighted by Crippen LogP contribution is -2.28. The number of nitro groups is 1. The summed E-state index contributed by atoms with van der Waals surface area (Å²) >= 11 is 9.07. The van der Waals surface area contributed by atoms with E-state index in [1.807, 2.05) is 0 Å². The largest absolute Gasteiger partial charge is 0.325 e. The van der Waals surface area contributed by atoms with E-state index < -0.39 is 10.8 Å². The number of carbonyl (C=O) groups is 2. The molecule has 0 bridgehead atoms. The Hall–Kier alpha value is -2.45. The van der Waals surface area contributed by atoms with Gasteiger partial charge in [-0.05, 0) is 46.3 Å². The van der Waals surface area contributed by atoms with E-state index in [0.29, 0.717) is 20.9 Å². The number of rotatable bonds is 4. The lowest BCUT2D eigenvalue weighted by Gasteiger charge is -2.17. The number of benzene rings is 2. The molecule has 2 amide bonds. The summed E-state index contributed by atoms with van der Waals surface area (Å²) in [7, 11) is 0. The molecule has 0 spiro atoms. The number of anilines is 2. The Morgan fingerprint density at radius 2 is 1.96 bits per heavy atom. The van der Waals surface area contributed by atoms with E-state index >= 15 is 0 Å². The van der Waals surface area contributed by atoms with Gasteiger partial charge in [0, 0.05) is 40.3 Å². The minimum absolute atomic E-state index is 0.0835. The second-order valence-electron chi connectivity index (χ2n) is 5.79. The second-order valence-corrected chi connectivity index (χ2v) is 7.08. The van der Waals surface area contributed by atoms with E-state index in [-0.39, 0.29) is 30.5 Å². The number of amides is 2. The maximum Gasteiger partial charge on any atom is 0.270 e. The summed E-state index contributed by atoms with van der Waals surface area (Å²) < 4.78 is 0.402. The van der Waals surface area contributed by atoms with E-state index in [0.717, 1.165) is 0 Å². The summed E-state index contributed by atoms with van der Waals surface area (Å²) in [5.41, 5.74) is 1.02. The number of carbonyl (C=O) groups excluding carboxylic acids is 2. The van der Waals surface area contributed by atoms with Gasteiger partial charge in [-0.15, -0.1) is 0 Å². The Morgan fingerprint density at radius 3 is 2.58 bits per heavy atom. The topological polar surface area (TPSA) is 92.5 Å². The van der Waals surface area contributed by atoms with Crippen LogP contribution >= 0.6 is 27.5 Å². The molecule has 0 aromatic heterocycles. The molecule has 1 unspecified atom stereocenters. The van der Waals surface area contributed by atoms with Crippen molar-refractivity contribution < 1.29 is 14.5 Å². The van der Waals surface area contributed by atoms with Crippen molar-refractivity contribution in [3.05, 3.63) is 62.1 Å². The van der Waals surface area contributed by atoms with Gasteiger partial charge in [-0.1, -0.05) is 11.6 Å². The lowest BCUT2D eigenvalue weighted by molar-refractivity contribution is -0.384. The fourth-order valence-corrected chi connectivity index (χ4v) is 3.30. The zero-order valence-corrected chi connectivity index (χ0v) is 15.7. The molecule has 0 radical (unpaired) electrons. The van der Waals surface area contributed by atoms with Gasteiger partial charge in [-0.2, -0.15) is 0 Å². The zero-order chi connectivity index (χ0) is 18.8. The zero-order valence-electron chi connectivity index (χ0n) is 13.3. The van der Waals surface area contributed by atoms with Gasteiger partial charge in [0.25, 0.3) is 5.69 Å². The van der Waals surface area contributed by atoms with Crippen LogP contribution in [0.4, 0.5) is 17.1 Å². The molecule has 0 aliphatic carbocycles. The summed E-state index contributed by atoms with van der Waals surface area (Å²) in [5.74, 6) is -0.972. The predicted octanol–water partition coefficient (Wildman–Crippen LogP) is 4.00. The standard InChI is InChI=1S/C17H13BrClN3O4/c18-14-8-13(22(25)26)5-6-15(14)20-17(24)10-7-16(23)21(9-10)12-3-1-11(19)2-4-12/h1-6,8,10H,7,9H2,(H,20,24). The first-order chi connectivity index (χ1) is 12.3. The molecule has 1 atom stereocenters. The number of nitrogens with zero attached hydrogens (tertiary/aromatic N) is 2. The van der Waals surface area contributed by atoms with Crippen LogP contribution in [-0.4, -0.2) is 23.3 Å². The molecule has 134 valence electrons. The van der Waals surface area contributed by atoms with Gasteiger partial charge >= 0.3 is 0 Å². The summed E-state index contributed by atoms with van der Waals surface area (Å²) in [6.07, 6.45) is 0.0963. The van der Waals surface area contributed by atoms with Gasteiger partial charge in [0.2, 0.25) is 11.8 Å². The van der Waals surface area contributed by atoms with Crippen LogP contribution in [0.1, 0.15) is 6.42 Å². The number of hydrogen-bond donors (Lipinski definition) is 1. The predicted molar refractivity (Wildman–Crippen MR) is 101 cm³/mol. The number of nitro benzene ring substituents is 1. The molecule has 26 heavy (non-hydrogen) atoms. The van der Waals surface area contributed by atoms with Gasteiger partial charge in [0.05, 0.1) is 16.5 Å². The molecule has 0 saturated carbocycles. The van der Waals surface area contributed by atoms with E-state index in [1.54, 1.807) is 29.2 Å². The average molecular weight is 439 g/mol. The SMILES string of the molecule is O=C(Nc1ccc([N+](=O)[O-])cc1Br)C1CC(=O)N(c2ccc(Cl)cc2)C1. The third kappa shape index (κ3) is 3.86. The fourth-order valence-electron chi connectivity index (χ4n) is 2.71. The molecule has 9 heteroatoms. The van der Waals surface area contributed by atoms with Gasteiger partial charge in [0.15, 0.2) is 0 Å². The maximum atomic E-state index is 12.5. The molecule has 1 saturated heterocycles. The minimum Gasteiger partial charge on any atom is -0.325 e. The van der Waals surface area contributed by atoms with E-state index in [4.69, 9.17) is 11.6 Å². The van der Waals surface area contributed by atoms with Gasteiger partial charge in [-0.3, -0.25) is 19.7 Å². The molecular weight excluding hydrogens is 426 g/mol. The molecular formula is C17H13BrClN3O4. The summed E-state index contributed by atoms with van der Waals surface area (Å²) in [6.45, 7) is 0.261. The highest BCUT2D eigenvalue weighted by molar-refractivity contribution is 9.10. The molecule has 1 fully saturated rings. The Labute approximate surface area is 162 Å². The highest BCUT2D eigenvalue weighted by atomic mass is 79.9. The van der Waals surface area contributed by atoms with E-state index in [2.05, 4.69) is 21.2 Å². The normalized spacial score (nSPS) is 16.6. The van der Waals surface area contributed by atoms with Gasteiger partial charge in [0.1, 0.15) is 0 Å². The smallest absolute Gasteiger partial charge is 0.270 e. The molecule has 2 aromatic rings. The van der Waals surface area contributed by atoms with Crippen molar-refractivity contribution >= 4 is 56.4 Å². The average Bonchev–Trinajstić information content (AvgIpc) is 2.99. The minimum atomic E-state index is -0.518. The number of hydrogen-bond acceptors (Lipinski definition) is 4. The Kier molecular flexibility index (Phi) is 5.24. The van der Waals surface area contributed by atoms with Crippen LogP contribution in [0.3, 0.4) is 0 Å². The first-order valence-electron chi connectivity index (χ1n) is 7.66. The Bertz CT molecular complexity index is 888. The highest BCUT2D eigenvalue weighted by Crippen LogP contribution is 2.30. The van der Waals surface area contributed by atoms with Gasteiger partial charge < -0.3 is 10.2 Å². The molecule has 1 heterocycles. The van der Waals surface area contributed by atoms with Gasteiger partial charge in [-0.25, -0.2) is 0 Å². The maximum absolute atomic E-state index is 12.5. The first kappa shape index (κ1) is 18.3.